The molecule has 0 fully saturated rings. The molecular formula is C12H17F2NO2. The summed E-state index contributed by atoms with van der Waals surface area (Å²) in [5, 5.41) is 12.4. The summed E-state index contributed by atoms with van der Waals surface area (Å²) in [6.45, 7) is 0.787. The summed E-state index contributed by atoms with van der Waals surface area (Å²) in [6.07, 6.45) is 0. The van der Waals surface area contributed by atoms with Crippen molar-refractivity contribution in [3.63, 3.8) is 0 Å². The van der Waals surface area contributed by atoms with E-state index >= 15 is 0 Å². The smallest absolute Gasteiger partial charge is 0.387 e. The highest BCUT2D eigenvalue weighted by Gasteiger charge is 2.17. The topological polar surface area (TPSA) is 41.5 Å². The van der Waals surface area contributed by atoms with Crippen LogP contribution < -0.4 is 10.1 Å². The molecule has 1 atom stereocenters. The number of nitrogens with one attached hydrogen (secondary N) is 1. The van der Waals surface area contributed by atoms with E-state index < -0.39 is 12.7 Å². The second-order valence-electron chi connectivity index (χ2n) is 3.97. The van der Waals surface area contributed by atoms with Crippen LogP contribution in [-0.2, 0) is 0 Å². The molecule has 0 radical (unpaired) electrons. The first-order valence-electron chi connectivity index (χ1n) is 5.45. The van der Waals surface area contributed by atoms with Gasteiger partial charge in [0.25, 0.3) is 0 Å². The van der Waals surface area contributed by atoms with Crippen molar-refractivity contribution in [3.05, 3.63) is 29.8 Å². The Morgan fingerprint density at radius 2 is 1.94 bits per heavy atom. The number of hydrogen-bond donors (Lipinski definition) is 2. The summed E-state index contributed by atoms with van der Waals surface area (Å²) in [5.41, 5.74) is 0.531. The van der Waals surface area contributed by atoms with Crippen molar-refractivity contribution in [3.8, 4) is 5.75 Å². The van der Waals surface area contributed by atoms with Gasteiger partial charge in [-0.1, -0.05) is 32.0 Å². The van der Waals surface area contributed by atoms with E-state index in [1.54, 1.807) is 18.2 Å². The number of benzene rings is 1. The zero-order valence-electron chi connectivity index (χ0n) is 9.86. The number of para-hydroxylation sites is 1. The van der Waals surface area contributed by atoms with Crippen molar-refractivity contribution in [2.45, 2.75) is 32.5 Å². The Kier molecular flexibility index (Phi) is 5.31. The van der Waals surface area contributed by atoms with Gasteiger partial charge in [-0.15, -0.1) is 0 Å². The highest BCUT2D eigenvalue weighted by molar-refractivity contribution is 5.36. The van der Waals surface area contributed by atoms with Gasteiger partial charge in [-0.2, -0.15) is 8.78 Å². The Hall–Kier alpha value is -1.20. The fraction of sp³-hybridized carbons (Fsp3) is 0.500. The minimum absolute atomic E-state index is 0.0923. The number of aliphatic hydroxyl groups is 1. The molecule has 0 saturated carbocycles. The Balaban J connectivity index is 2.93. The second kappa shape index (κ2) is 6.51. The van der Waals surface area contributed by atoms with Gasteiger partial charge in [-0.3, -0.25) is 0 Å². The molecule has 5 heteroatoms. The maximum absolute atomic E-state index is 12.2. The van der Waals surface area contributed by atoms with Crippen LogP contribution >= 0.6 is 0 Å². The van der Waals surface area contributed by atoms with Gasteiger partial charge in [0.15, 0.2) is 0 Å². The van der Waals surface area contributed by atoms with Gasteiger partial charge in [-0.25, -0.2) is 0 Å². The van der Waals surface area contributed by atoms with Crippen LogP contribution in [0.1, 0.15) is 25.5 Å². The Labute approximate surface area is 99.4 Å². The highest BCUT2D eigenvalue weighted by Crippen LogP contribution is 2.26. The molecule has 0 heterocycles. The van der Waals surface area contributed by atoms with Crippen LogP contribution in [-0.4, -0.2) is 24.4 Å². The molecule has 1 aromatic carbocycles. The lowest BCUT2D eigenvalue weighted by atomic mass is 10.1. The minimum atomic E-state index is -2.87. The standard InChI is InChI=1S/C12H17F2NO2/c1-8(2)15-10(7-16)9-5-3-4-6-11(9)17-12(13)14/h3-6,8,10,12,15-16H,7H2,1-2H3. The number of rotatable bonds is 6. The third-order valence-corrected chi connectivity index (χ3v) is 2.23. The fourth-order valence-corrected chi connectivity index (χ4v) is 1.61. The largest absolute Gasteiger partial charge is 0.434 e. The van der Waals surface area contributed by atoms with Gasteiger partial charge in [0.05, 0.1) is 12.6 Å². The summed E-state index contributed by atoms with van der Waals surface area (Å²) >= 11 is 0. The lowest BCUT2D eigenvalue weighted by molar-refractivity contribution is -0.0509. The molecule has 1 aromatic rings. The van der Waals surface area contributed by atoms with Crippen LogP contribution in [0.15, 0.2) is 24.3 Å². The fourth-order valence-electron chi connectivity index (χ4n) is 1.61. The number of alkyl halides is 2. The second-order valence-corrected chi connectivity index (χ2v) is 3.97. The molecule has 0 bridgehead atoms. The average molecular weight is 245 g/mol. The lowest BCUT2D eigenvalue weighted by Gasteiger charge is -2.21. The first kappa shape index (κ1) is 13.9. The van der Waals surface area contributed by atoms with Gasteiger partial charge in [0, 0.05) is 11.6 Å². The summed E-state index contributed by atoms with van der Waals surface area (Å²) in [6, 6.07) is 6.18. The molecular weight excluding hydrogens is 228 g/mol. The zero-order valence-corrected chi connectivity index (χ0v) is 9.86. The summed E-state index contributed by atoms with van der Waals surface area (Å²) in [5.74, 6) is 0.0923. The molecule has 96 valence electrons. The van der Waals surface area contributed by atoms with Gasteiger partial charge < -0.3 is 15.2 Å². The molecule has 3 nitrogen and oxygen atoms in total. The third kappa shape index (κ3) is 4.28. The molecule has 1 unspecified atom stereocenters. The molecule has 1 rings (SSSR count). The van der Waals surface area contributed by atoms with E-state index in [0.717, 1.165) is 0 Å². The Morgan fingerprint density at radius 3 is 2.47 bits per heavy atom. The highest BCUT2D eigenvalue weighted by atomic mass is 19.3. The predicted octanol–water partition coefficient (Wildman–Crippen LogP) is 2.32. The molecule has 17 heavy (non-hydrogen) atoms. The van der Waals surface area contributed by atoms with Crippen molar-refractivity contribution >= 4 is 0 Å². The first-order chi connectivity index (χ1) is 8.04. The summed E-state index contributed by atoms with van der Waals surface area (Å²) in [4.78, 5) is 0. The van der Waals surface area contributed by atoms with Crippen molar-refractivity contribution in [1.82, 2.24) is 5.32 Å². The number of halogens is 2. The van der Waals surface area contributed by atoms with E-state index in [4.69, 9.17) is 0 Å². The molecule has 0 amide bonds. The Morgan fingerprint density at radius 1 is 1.29 bits per heavy atom. The maximum atomic E-state index is 12.2. The van der Waals surface area contributed by atoms with Crippen LogP contribution in [0.4, 0.5) is 8.78 Å². The number of hydrogen-bond acceptors (Lipinski definition) is 3. The molecule has 0 aliphatic carbocycles. The van der Waals surface area contributed by atoms with Crippen LogP contribution in [0.25, 0.3) is 0 Å². The third-order valence-electron chi connectivity index (χ3n) is 2.23. The summed E-state index contributed by atoms with van der Waals surface area (Å²) in [7, 11) is 0. The predicted molar refractivity (Wildman–Crippen MR) is 61.2 cm³/mol. The van der Waals surface area contributed by atoms with Crippen LogP contribution in [0.2, 0.25) is 0 Å². The van der Waals surface area contributed by atoms with Crippen LogP contribution in [0.3, 0.4) is 0 Å². The zero-order chi connectivity index (χ0) is 12.8. The van der Waals surface area contributed by atoms with E-state index in [1.807, 2.05) is 13.8 Å². The minimum Gasteiger partial charge on any atom is -0.434 e. The van der Waals surface area contributed by atoms with Crippen molar-refractivity contribution in [1.29, 1.82) is 0 Å². The summed E-state index contributed by atoms with van der Waals surface area (Å²) < 4.78 is 28.9. The van der Waals surface area contributed by atoms with E-state index in [-0.39, 0.29) is 18.4 Å². The lowest BCUT2D eigenvalue weighted by Crippen LogP contribution is -2.30. The number of aliphatic hydroxyl groups excluding tert-OH is 1. The quantitative estimate of drug-likeness (QED) is 0.808. The van der Waals surface area contributed by atoms with E-state index in [0.29, 0.717) is 5.56 Å². The molecule has 0 aliphatic heterocycles. The monoisotopic (exact) mass is 245 g/mol. The SMILES string of the molecule is CC(C)NC(CO)c1ccccc1OC(F)F. The number of ether oxygens (including phenoxy) is 1. The van der Waals surface area contributed by atoms with Crippen molar-refractivity contribution in [2.75, 3.05) is 6.61 Å². The normalized spacial score (nSPS) is 13.1. The molecule has 2 N–H and O–H groups in total. The molecule has 0 saturated heterocycles. The molecule has 0 spiro atoms. The average Bonchev–Trinajstić information content (AvgIpc) is 2.26. The molecule has 0 aromatic heterocycles. The maximum Gasteiger partial charge on any atom is 0.387 e. The van der Waals surface area contributed by atoms with E-state index in [2.05, 4.69) is 10.1 Å². The van der Waals surface area contributed by atoms with Gasteiger partial charge in [-0.05, 0) is 6.07 Å². The first-order valence-corrected chi connectivity index (χ1v) is 5.45. The van der Waals surface area contributed by atoms with E-state index in [1.165, 1.54) is 6.07 Å². The molecule has 0 aliphatic rings. The van der Waals surface area contributed by atoms with Crippen molar-refractivity contribution in [2.24, 2.45) is 0 Å². The van der Waals surface area contributed by atoms with Gasteiger partial charge in [0.1, 0.15) is 5.75 Å². The van der Waals surface area contributed by atoms with E-state index in [9.17, 15) is 13.9 Å². The van der Waals surface area contributed by atoms with Crippen LogP contribution in [0.5, 0.6) is 5.75 Å². The van der Waals surface area contributed by atoms with Crippen LogP contribution in [0, 0.1) is 0 Å². The van der Waals surface area contributed by atoms with Gasteiger partial charge >= 0.3 is 6.61 Å². The van der Waals surface area contributed by atoms with Crippen molar-refractivity contribution < 1.29 is 18.6 Å². The Bertz CT molecular complexity index is 345. The van der Waals surface area contributed by atoms with Gasteiger partial charge in [0.2, 0.25) is 0 Å².